The summed E-state index contributed by atoms with van der Waals surface area (Å²) in [5, 5.41) is 5.33. The van der Waals surface area contributed by atoms with Crippen LogP contribution in [0.2, 0.25) is 10.0 Å². The van der Waals surface area contributed by atoms with E-state index in [4.69, 9.17) is 32.7 Å². The fourth-order valence-electron chi connectivity index (χ4n) is 3.15. The zero-order chi connectivity index (χ0) is 23.5. The van der Waals surface area contributed by atoms with Gasteiger partial charge >= 0.3 is 5.69 Å². The molecule has 168 valence electrons. The number of fused-ring (bicyclic) bond motifs is 1. The lowest BCUT2D eigenvalue weighted by Crippen LogP contribution is -2.32. The van der Waals surface area contributed by atoms with Gasteiger partial charge in [0.05, 0.1) is 34.3 Å². The highest BCUT2D eigenvalue weighted by atomic mass is 79.9. The van der Waals surface area contributed by atoms with E-state index in [2.05, 4.69) is 26.0 Å². The van der Waals surface area contributed by atoms with Crippen LogP contribution in [0.3, 0.4) is 0 Å². The number of ether oxygens (including phenoxy) is 2. The van der Waals surface area contributed by atoms with Crippen molar-refractivity contribution in [1.82, 2.24) is 9.66 Å². The van der Waals surface area contributed by atoms with E-state index in [1.54, 1.807) is 54.6 Å². The van der Waals surface area contributed by atoms with E-state index in [1.165, 1.54) is 13.3 Å². The van der Waals surface area contributed by atoms with E-state index in [9.17, 15) is 9.59 Å². The monoisotopic (exact) mass is 547 g/mol. The van der Waals surface area contributed by atoms with Crippen molar-refractivity contribution in [2.45, 2.75) is 6.61 Å². The molecule has 4 aromatic rings. The molecule has 0 amide bonds. The van der Waals surface area contributed by atoms with Crippen molar-refractivity contribution in [3.63, 3.8) is 0 Å². The fraction of sp³-hybridized carbons (Fsp3) is 0.0870. The third-order valence-corrected chi connectivity index (χ3v) is 5.93. The highest BCUT2D eigenvalue weighted by molar-refractivity contribution is 9.10. The Balaban J connectivity index is 1.73. The van der Waals surface area contributed by atoms with E-state index in [-0.39, 0.29) is 6.61 Å². The number of rotatable bonds is 6. The van der Waals surface area contributed by atoms with Gasteiger partial charge < -0.3 is 14.5 Å². The molecule has 0 saturated heterocycles. The van der Waals surface area contributed by atoms with Crippen LogP contribution in [0.5, 0.6) is 11.5 Å². The normalized spacial score (nSPS) is 11.3. The van der Waals surface area contributed by atoms with Crippen LogP contribution in [-0.4, -0.2) is 23.0 Å². The van der Waals surface area contributed by atoms with Gasteiger partial charge in [-0.15, -0.1) is 4.68 Å². The third kappa shape index (κ3) is 4.98. The van der Waals surface area contributed by atoms with Crippen LogP contribution in [0.4, 0.5) is 0 Å². The Morgan fingerprint density at radius 1 is 1.09 bits per heavy atom. The van der Waals surface area contributed by atoms with Gasteiger partial charge in [-0.2, -0.15) is 5.10 Å². The molecule has 0 unspecified atom stereocenters. The minimum absolute atomic E-state index is 0.173. The molecule has 0 aliphatic rings. The maximum atomic E-state index is 12.8. The Morgan fingerprint density at radius 3 is 2.64 bits per heavy atom. The van der Waals surface area contributed by atoms with Crippen LogP contribution in [-0.2, 0) is 6.61 Å². The highest BCUT2D eigenvalue weighted by Gasteiger charge is 2.13. The van der Waals surface area contributed by atoms with E-state index < -0.39 is 11.2 Å². The van der Waals surface area contributed by atoms with Crippen molar-refractivity contribution >= 4 is 56.2 Å². The maximum Gasteiger partial charge on any atom is 0.349 e. The molecule has 0 radical (unpaired) electrons. The smallest absolute Gasteiger partial charge is 0.349 e. The molecule has 1 aromatic heterocycles. The number of para-hydroxylation sites is 1. The van der Waals surface area contributed by atoms with Crippen LogP contribution in [0.1, 0.15) is 11.1 Å². The predicted molar refractivity (Wildman–Crippen MR) is 133 cm³/mol. The lowest BCUT2D eigenvalue weighted by molar-refractivity contribution is 0.284. The Hall–Kier alpha value is -3.07. The van der Waals surface area contributed by atoms with E-state index in [0.29, 0.717) is 42.5 Å². The minimum atomic E-state index is -0.657. The Labute approximate surface area is 206 Å². The number of methoxy groups -OCH3 is 1. The van der Waals surface area contributed by atoms with Crippen LogP contribution < -0.4 is 20.7 Å². The molecule has 0 aliphatic carbocycles. The van der Waals surface area contributed by atoms with Crippen molar-refractivity contribution in [3.05, 3.63) is 101 Å². The number of nitrogens with one attached hydrogen (secondary N) is 1. The first-order valence-corrected chi connectivity index (χ1v) is 11.1. The molecular formula is C23H16BrCl2N3O4. The van der Waals surface area contributed by atoms with Crippen LogP contribution >= 0.6 is 39.1 Å². The van der Waals surface area contributed by atoms with Gasteiger partial charge in [-0.1, -0.05) is 57.3 Å². The summed E-state index contributed by atoms with van der Waals surface area (Å²) >= 11 is 15.5. The largest absolute Gasteiger partial charge is 0.493 e. The molecule has 4 rings (SSSR count). The molecule has 1 heterocycles. The van der Waals surface area contributed by atoms with Crippen molar-refractivity contribution < 1.29 is 9.47 Å². The zero-order valence-electron chi connectivity index (χ0n) is 17.1. The SMILES string of the molecule is COc1cc(Br)cc(C=Nn2c(=O)[nH]c3ccccc3c2=O)c1OCc1ccc(Cl)c(Cl)c1. The third-order valence-electron chi connectivity index (χ3n) is 4.73. The first-order chi connectivity index (χ1) is 15.9. The van der Waals surface area contributed by atoms with Gasteiger partial charge in [0.25, 0.3) is 5.56 Å². The van der Waals surface area contributed by atoms with Gasteiger partial charge in [-0.25, -0.2) is 4.79 Å². The number of aromatic amines is 1. The summed E-state index contributed by atoms with van der Waals surface area (Å²) in [5.74, 6) is 0.812. The van der Waals surface area contributed by atoms with E-state index in [0.717, 1.165) is 10.2 Å². The summed E-state index contributed by atoms with van der Waals surface area (Å²) in [6, 6.07) is 15.4. The number of halogens is 3. The van der Waals surface area contributed by atoms with Gasteiger partial charge in [-0.05, 0) is 42.0 Å². The molecule has 0 aliphatic heterocycles. The van der Waals surface area contributed by atoms with Crippen LogP contribution in [0, 0.1) is 0 Å². The lowest BCUT2D eigenvalue weighted by Gasteiger charge is -2.14. The quantitative estimate of drug-likeness (QED) is 0.334. The van der Waals surface area contributed by atoms with Crippen LogP contribution in [0.15, 0.2) is 73.8 Å². The average molecular weight is 549 g/mol. The zero-order valence-corrected chi connectivity index (χ0v) is 20.2. The number of aromatic nitrogens is 2. The summed E-state index contributed by atoms with van der Waals surface area (Å²) in [5.41, 5.74) is 0.523. The maximum absolute atomic E-state index is 12.8. The number of benzene rings is 3. The van der Waals surface area contributed by atoms with Crippen molar-refractivity contribution in [1.29, 1.82) is 0 Å². The molecule has 33 heavy (non-hydrogen) atoms. The summed E-state index contributed by atoms with van der Waals surface area (Å²) in [6.45, 7) is 0.173. The molecule has 3 aromatic carbocycles. The summed E-state index contributed by atoms with van der Waals surface area (Å²) < 4.78 is 12.9. The fourth-order valence-corrected chi connectivity index (χ4v) is 3.93. The van der Waals surface area contributed by atoms with Gasteiger partial charge in [0.1, 0.15) is 6.61 Å². The molecule has 7 nitrogen and oxygen atoms in total. The predicted octanol–water partition coefficient (Wildman–Crippen LogP) is 5.23. The van der Waals surface area contributed by atoms with Crippen molar-refractivity contribution in [2.24, 2.45) is 5.10 Å². The van der Waals surface area contributed by atoms with Gasteiger partial charge in [0, 0.05) is 10.0 Å². The molecule has 0 spiro atoms. The molecule has 0 bridgehead atoms. The molecule has 1 N–H and O–H groups in total. The van der Waals surface area contributed by atoms with Gasteiger partial charge in [-0.3, -0.25) is 4.79 Å². The second-order valence-corrected chi connectivity index (χ2v) is 8.63. The molecule has 0 saturated carbocycles. The van der Waals surface area contributed by atoms with E-state index >= 15 is 0 Å². The highest BCUT2D eigenvalue weighted by Crippen LogP contribution is 2.35. The Bertz CT molecular complexity index is 1500. The van der Waals surface area contributed by atoms with Crippen LogP contribution in [0.25, 0.3) is 10.9 Å². The summed E-state index contributed by atoms with van der Waals surface area (Å²) in [7, 11) is 1.51. The molecule has 0 fully saturated rings. The van der Waals surface area contributed by atoms with Crippen molar-refractivity contribution in [2.75, 3.05) is 7.11 Å². The van der Waals surface area contributed by atoms with Gasteiger partial charge in [0.15, 0.2) is 11.5 Å². The summed E-state index contributed by atoms with van der Waals surface area (Å²) in [6.07, 6.45) is 1.36. The molecule has 0 atom stereocenters. The minimum Gasteiger partial charge on any atom is -0.493 e. The number of hydrogen-bond donors (Lipinski definition) is 1. The second-order valence-electron chi connectivity index (χ2n) is 6.90. The molecular weight excluding hydrogens is 533 g/mol. The average Bonchev–Trinajstić information content (AvgIpc) is 2.80. The summed E-state index contributed by atoms with van der Waals surface area (Å²) in [4.78, 5) is 27.8. The van der Waals surface area contributed by atoms with Gasteiger partial charge in [0.2, 0.25) is 0 Å². The Kier molecular flexibility index (Phi) is 6.88. The first kappa shape index (κ1) is 23.1. The van der Waals surface area contributed by atoms with E-state index in [1.807, 2.05) is 0 Å². The first-order valence-electron chi connectivity index (χ1n) is 9.60. The topological polar surface area (TPSA) is 85.7 Å². The standard InChI is InChI=1S/C23H16BrCl2N3O4/c1-32-20-10-15(24)9-14(21(20)33-12-13-6-7-17(25)18(26)8-13)11-27-29-22(30)16-4-2-3-5-19(16)28-23(29)31/h2-11H,12H2,1H3,(H,28,31). The Morgan fingerprint density at radius 2 is 1.88 bits per heavy atom. The molecule has 10 heteroatoms. The number of nitrogens with zero attached hydrogens (tertiary/aromatic N) is 2. The number of hydrogen-bond acceptors (Lipinski definition) is 5. The lowest BCUT2D eigenvalue weighted by atomic mass is 10.2. The van der Waals surface area contributed by atoms with Crippen molar-refractivity contribution in [3.8, 4) is 11.5 Å². The second kappa shape index (κ2) is 9.82. The number of H-pyrrole nitrogens is 1.